The maximum absolute atomic E-state index is 11.4. The summed E-state index contributed by atoms with van der Waals surface area (Å²) in [6, 6.07) is 9.11. The van der Waals surface area contributed by atoms with E-state index in [0.29, 0.717) is 5.56 Å². The van der Waals surface area contributed by atoms with Gasteiger partial charge in [-0.15, -0.1) is 0 Å². The molecule has 0 aliphatic rings. The maximum Gasteiger partial charge on any atom is 0.255 e. The lowest BCUT2D eigenvalue weighted by molar-refractivity contribution is 0.0965. The van der Waals surface area contributed by atoms with Crippen molar-refractivity contribution in [2.24, 2.45) is 0 Å². The highest BCUT2D eigenvalue weighted by Crippen LogP contribution is 2.00. The number of hydrogen-bond donors (Lipinski definition) is 1. The van der Waals surface area contributed by atoms with Gasteiger partial charge < -0.3 is 5.32 Å². The van der Waals surface area contributed by atoms with Crippen molar-refractivity contribution >= 4 is 5.91 Å². The van der Waals surface area contributed by atoms with Crippen LogP contribution in [0.3, 0.4) is 0 Å². The molecule has 1 amide bonds. The molecule has 2 heteroatoms. The van der Waals surface area contributed by atoms with Crippen molar-refractivity contribution in [1.82, 2.24) is 5.32 Å². The van der Waals surface area contributed by atoms with Crippen molar-refractivity contribution in [3.8, 4) is 0 Å². The number of allylic oxidation sites excluding steroid dienone is 1. The van der Waals surface area contributed by atoms with Gasteiger partial charge in [-0.25, -0.2) is 0 Å². The van der Waals surface area contributed by atoms with E-state index < -0.39 is 0 Å². The molecule has 0 bridgehead atoms. The van der Waals surface area contributed by atoms with Gasteiger partial charge in [0, 0.05) is 11.3 Å². The second-order valence-electron chi connectivity index (χ2n) is 2.78. The second kappa shape index (κ2) is 4.45. The smallest absolute Gasteiger partial charge is 0.255 e. The van der Waals surface area contributed by atoms with Crippen LogP contribution < -0.4 is 5.32 Å². The van der Waals surface area contributed by atoms with Crippen LogP contribution in [0.4, 0.5) is 0 Å². The quantitative estimate of drug-likeness (QED) is 0.750. The summed E-state index contributed by atoms with van der Waals surface area (Å²) < 4.78 is 0. The predicted molar refractivity (Wildman–Crippen MR) is 53.3 cm³/mol. The molecule has 0 radical (unpaired) electrons. The van der Waals surface area contributed by atoms with E-state index in [0.717, 1.165) is 12.1 Å². The zero-order valence-corrected chi connectivity index (χ0v) is 7.71. The first-order valence-electron chi connectivity index (χ1n) is 4.28. The third-order valence-electron chi connectivity index (χ3n) is 1.75. The molecule has 0 fully saturated rings. The number of carbonyl (C=O) groups excluding carboxylic acids is 1. The van der Waals surface area contributed by atoms with Gasteiger partial charge in [-0.2, -0.15) is 0 Å². The molecular formula is C11H13NO. The molecule has 1 aromatic carbocycles. The van der Waals surface area contributed by atoms with Crippen molar-refractivity contribution in [2.75, 3.05) is 0 Å². The van der Waals surface area contributed by atoms with Gasteiger partial charge >= 0.3 is 0 Å². The van der Waals surface area contributed by atoms with Crippen LogP contribution in [0.25, 0.3) is 0 Å². The Morgan fingerprint density at radius 3 is 2.54 bits per heavy atom. The summed E-state index contributed by atoms with van der Waals surface area (Å²) in [4.78, 5) is 11.4. The molecule has 68 valence electrons. The standard InChI is InChI=1S/C11H13NO/c1-3-9(2)12-11(13)10-7-5-4-6-8-10/h4-8H,2-3H2,1H3,(H,12,13). The first-order valence-corrected chi connectivity index (χ1v) is 4.28. The normalized spacial score (nSPS) is 9.31. The topological polar surface area (TPSA) is 29.1 Å². The van der Waals surface area contributed by atoms with Gasteiger partial charge in [0.05, 0.1) is 0 Å². The fraction of sp³-hybridized carbons (Fsp3) is 0.182. The van der Waals surface area contributed by atoms with E-state index in [4.69, 9.17) is 0 Å². The minimum atomic E-state index is -0.0903. The highest BCUT2D eigenvalue weighted by Gasteiger charge is 2.03. The van der Waals surface area contributed by atoms with E-state index >= 15 is 0 Å². The second-order valence-corrected chi connectivity index (χ2v) is 2.78. The molecule has 1 N–H and O–H groups in total. The van der Waals surface area contributed by atoms with Crippen LogP contribution in [0.1, 0.15) is 23.7 Å². The molecule has 0 unspecified atom stereocenters. The van der Waals surface area contributed by atoms with Crippen molar-refractivity contribution in [2.45, 2.75) is 13.3 Å². The van der Waals surface area contributed by atoms with E-state index in [1.165, 1.54) is 0 Å². The van der Waals surface area contributed by atoms with Gasteiger partial charge in [0.15, 0.2) is 0 Å². The predicted octanol–water partition coefficient (Wildman–Crippen LogP) is 2.34. The largest absolute Gasteiger partial charge is 0.326 e. The lowest BCUT2D eigenvalue weighted by Gasteiger charge is -2.04. The van der Waals surface area contributed by atoms with Gasteiger partial charge in [-0.1, -0.05) is 31.7 Å². The average molecular weight is 175 g/mol. The first kappa shape index (κ1) is 9.52. The van der Waals surface area contributed by atoms with Crippen LogP contribution in [-0.2, 0) is 0 Å². The molecule has 1 rings (SSSR count). The highest BCUT2D eigenvalue weighted by atomic mass is 16.1. The Hall–Kier alpha value is -1.57. The summed E-state index contributed by atoms with van der Waals surface area (Å²) in [5.74, 6) is -0.0903. The minimum Gasteiger partial charge on any atom is -0.326 e. The third-order valence-corrected chi connectivity index (χ3v) is 1.75. The average Bonchev–Trinajstić information content (AvgIpc) is 2.19. The van der Waals surface area contributed by atoms with Crippen molar-refractivity contribution < 1.29 is 4.79 Å². The van der Waals surface area contributed by atoms with E-state index in [1.54, 1.807) is 12.1 Å². The molecular weight excluding hydrogens is 162 g/mol. The molecule has 0 aliphatic carbocycles. The number of amides is 1. The van der Waals surface area contributed by atoms with Gasteiger partial charge in [-0.3, -0.25) is 4.79 Å². The van der Waals surface area contributed by atoms with Gasteiger partial charge in [0.25, 0.3) is 5.91 Å². The van der Waals surface area contributed by atoms with Crippen LogP contribution in [0.15, 0.2) is 42.6 Å². The van der Waals surface area contributed by atoms with Crippen LogP contribution in [0.2, 0.25) is 0 Å². The van der Waals surface area contributed by atoms with Crippen LogP contribution in [0, 0.1) is 0 Å². The molecule has 13 heavy (non-hydrogen) atoms. The van der Waals surface area contributed by atoms with Crippen LogP contribution in [-0.4, -0.2) is 5.91 Å². The summed E-state index contributed by atoms with van der Waals surface area (Å²) in [6.07, 6.45) is 0.762. The van der Waals surface area contributed by atoms with E-state index in [9.17, 15) is 4.79 Å². The summed E-state index contributed by atoms with van der Waals surface area (Å²) >= 11 is 0. The van der Waals surface area contributed by atoms with Gasteiger partial charge in [-0.05, 0) is 18.6 Å². The van der Waals surface area contributed by atoms with E-state index in [2.05, 4.69) is 11.9 Å². The molecule has 2 nitrogen and oxygen atoms in total. The molecule has 0 saturated heterocycles. The Morgan fingerprint density at radius 1 is 1.38 bits per heavy atom. The summed E-state index contributed by atoms with van der Waals surface area (Å²) in [6.45, 7) is 5.66. The van der Waals surface area contributed by atoms with Gasteiger partial charge in [0.2, 0.25) is 0 Å². The Bertz CT molecular complexity index is 303. The number of rotatable bonds is 3. The third kappa shape index (κ3) is 2.75. The Kier molecular flexibility index (Phi) is 3.26. The fourth-order valence-electron chi connectivity index (χ4n) is 0.911. The van der Waals surface area contributed by atoms with Crippen LogP contribution >= 0.6 is 0 Å². The summed E-state index contributed by atoms with van der Waals surface area (Å²) in [7, 11) is 0. The molecule has 0 atom stereocenters. The number of nitrogens with one attached hydrogen (secondary N) is 1. The molecule has 0 aliphatic heterocycles. The zero-order valence-electron chi connectivity index (χ0n) is 7.71. The maximum atomic E-state index is 11.4. The monoisotopic (exact) mass is 175 g/mol. The molecule has 1 aromatic rings. The minimum absolute atomic E-state index is 0.0903. The zero-order chi connectivity index (χ0) is 9.68. The molecule has 0 heterocycles. The van der Waals surface area contributed by atoms with Gasteiger partial charge in [0.1, 0.15) is 0 Å². The summed E-state index contributed by atoms with van der Waals surface area (Å²) in [5, 5.41) is 2.71. The first-order chi connectivity index (χ1) is 6.24. The lowest BCUT2D eigenvalue weighted by Crippen LogP contribution is -2.21. The fourth-order valence-corrected chi connectivity index (χ4v) is 0.911. The number of carbonyl (C=O) groups is 1. The summed E-state index contributed by atoms with van der Waals surface area (Å²) in [5.41, 5.74) is 1.41. The lowest BCUT2D eigenvalue weighted by atomic mass is 10.2. The highest BCUT2D eigenvalue weighted by molar-refractivity contribution is 5.95. The Balaban J connectivity index is 2.65. The molecule has 0 saturated carbocycles. The van der Waals surface area contributed by atoms with E-state index in [1.807, 2.05) is 25.1 Å². The Labute approximate surface area is 78.3 Å². The van der Waals surface area contributed by atoms with Crippen LogP contribution in [0.5, 0.6) is 0 Å². The SMILES string of the molecule is C=C(CC)NC(=O)c1ccccc1. The molecule has 0 aromatic heterocycles. The van der Waals surface area contributed by atoms with E-state index in [-0.39, 0.29) is 5.91 Å². The molecule has 0 spiro atoms. The van der Waals surface area contributed by atoms with Crippen molar-refractivity contribution in [3.63, 3.8) is 0 Å². The van der Waals surface area contributed by atoms with Crippen molar-refractivity contribution in [1.29, 1.82) is 0 Å². The number of hydrogen-bond acceptors (Lipinski definition) is 1. The van der Waals surface area contributed by atoms with Crippen molar-refractivity contribution in [3.05, 3.63) is 48.2 Å². The number of benzene rings is 1. The Morgan fingerprint density at radius 2 is 2.00 bits per heavy atom.